The molecule has 1 unspecified atom stereocenters. The Morgan fingerprint density at radius 2 is 1.84 bits per heavy atom. The number of fused-ring (bicyclic) bond motifs is 5. The molecule has 0 saturated heterocycles. The first kappa shape index (κ1) is 24.4. The molecule has 3 fully saturated rings. The van der Waals surface area contributed by atoms with E-state index >= 15 is 0 Å². The van der Waals surface area contributed by atoms with Crippen molar-refractivity contribution in [1.82, 2.24) is 0 Å². The van der Waals surface area contributed by atoms with E-state index in [9.17, 15) is 20.1 Å². The highest BCUT2D eigenvalue weighted by Gasteiger charge is 2.65. The molecule has 0 aromatic carbocycles. The topological polar surface area (TPSA) is 77.8 Å². The van der Waals surface area contributed by atoms with Crippen LogP contribution in [0.5, 0.6) is 0 Å². The molecule has 4 aliphatic rings. The van der Waals surface area contributed by atoms with Gasteiger partial charge in [-0.05, 0) is 73.5 Å². The molecule has 4 rings (SSSR count). The highest BCUT2D eigenvalue weighted by Crippen LogP contribution is 2.66. The molecule has 3 saturated carbocycles. The summed E-state index contributed by atoms with van der Waals surface area (Å²) in [6.45, 7) is 11.3. The van der Waals surface area contributed by atoms with Gasteiger partial charge in [0.2, 0.25) is 0 Å². The molecule has 0 heterocycles. The predicted molar refractivity (Wildman–Crippen MR) is 127 cm³/mol. The third kappa shape index (κ3) is 3.64. The van der Waals surface area contributed by atoms with Crippen LogP contribution in [0.1, 0.15) is 86.0 Å². The van der Waals surface area contributed by atoms with Gasteiger partial charge in [-0.15, -0.1) is 0 Å². The van der Waals surface area contributed by atoms with Gasteiger partial charge >= 0.3 is 0 Å². The third-order valence-electron chi connectivity index (χ3n) is 10.9. The molecule has 32 heavy (non-hydrogen) atoms. The standard InChI is InChI=1S/C28H46O4/c1-16(2)17(3)6-7-18(4)22-10-11-23-21-9-8-19-12-20(30)13-25(32)27(19,5)26(21)24(31)14-28(22,23)15-29/h8,15-18,20-26,30-32H,6-7,9-14H2,1-5H3/t17?,18-,20-,21+,22-,23+,24-,25+,26-,27-,28+/m1/s1. The average molecular weight is 447 g/mol. The van der Waals surface area contributed by atoms with Crippen molar-refractivity contribution in [3.05, 3.63) is 11.6 Å². The lowest BCUT2D eigenvalue weighted by Gasteiger charge is -2.60. The SMILES string of the molecule is CC(C)C(C)CC[C@@H](C)[C@H]1CC[C@H]2[C@@H]3CC=C4C[C@@H](O)C[C@H](O)[C@]4(C)[C@H]3[C@H](O)C[C@]12C=O. The molecule has 0 aromatic rings. The minimum Gasteiger partial charge on any atom is -0.393 e. The fourth-order valence-electron chi connectivity index (χ4n) is 8.66. The van der Waals surface area contributed by atoms with E-state index < -0.39 is 29.1 Å². The zero-order chi connectivity index (χ0) is 23.4. The fourth-order valence-corrected chi connectivity index (χ4v) is 8.66. The summed E-state index contributed by atoms with van der Waals surface area (Å²) in [4.78, 5) is 12.8. The zero-order valence-corrected chi connectivity index (χ0v) is 20.8. The van der Waals surface area contributed by atoms with Crippen LogP contribution in [-0.4, -0.2) is 39.9 Å². The minimum atomic E-state index is -0.641. The number of carbonyl (C=O) groups is 1. The summed E-state index contributed by atoms with van der Waals surface area (Å²) in [6, 6.07) is 0. The smallest absolute Gasteiger partial charge is 0.126 e. The lowest BCUT2D eigenvalue weighted by molar-refractivity contribution is -0.166. The Bertz CT molecular complexity index is 731. The minimum absolute atomic E-state index is 0.0295. The Hall–Kier alpha value is -0.710. The lowest BCUT2D eigenvalue weighted by atomic mass is 9.45. The number of hydrogen-bond acceptors (Lipinski definition) is 4. The summed E-state index contributed by atoms with van der Waals surface area (Å²) in [5.41, 5.74) is 0.197. The van der Waals surface area contributed by atoms with E-state index in [0.29, 0.717) is 42.9 Å². The first-order valence-corrected chi connectivity index (χ1v) is 13.3. The second-order valence-corrected chi connectivity index (χ2v) is 12.6. The molecule has 0 radical (unpaired) electrons. The van der Waals surface area contributed by atoms with E-state index in [1.54, 1.807) is 0 Å². The molecular formula is C28H46O4. The summed E-state index contributed by atoms with van der Waals surface area (Å²) in [6.07, 6.45) is 8.60. The van der Waals surface area contributed by atoms with Crippen LogP contribution in [0.25, 0.3) is 0 Å². The molecule has 4 nitrogen and oxygen atoms in total. The van der Waals surface area contributed by atoms with E-state index in [4.69, 9.17) is 0 Å². The molecule has 0 amide bonds. The molecule has 3 N–H and O–H groups in total. The van der Waals surface area contributed by atoms with Gasteiger partial charge in [0.15, 0.2) is 0 Å². The maximum atomic E-state index is 12.8. The number of rotatable bonds is 6. The van der Waals surface area contributed by atoms with Gasteiger partial charge < -0.3 is 20.1 Å². The van der Waals surface area contributed by atoms with E-state index in [-0.39, 0.29) is 17.8 Å². The van der Waals surface area contributed by atoms with E-state index in [2.05, 4.69) is 40.7 Å². The van der Waals surface area contributed by atoms with Crippen LogP contribution in [0.15, 0.2) is 11.6 Å². The van der Waals surface area contributed by atoms with Crippen molar-refractivity contribution in [2.75, 3.05) is 0 Å². The van der Waals surface area contributed by atoms with Crippen LogP contribution in [0.4, 0.5) is 0 Å². The van der Waals surface area contributed by atoms with Gasteiger partial charge in [-0.2, -0.15) is 0 Å². The highest BCUT2D eigenvalue weighted by molar-refractivity contribution is 5.62. The van der Waals surface area contributed by atoms with Gasteiger partial charge in [-0.1, -0.05) is 59.1 Å². The molecule has 4 heteroatoms. The largest absolute Gasteiger partial charge is 0.393 e. The van der Waals surface area contributed by atoms with Crippen LogP contribution >= 0.6 is 0 Å². The van der Waals surface area contributed by atoms with Crippen molar-refractivity contribution < 1.29 is 20.1 Å². The molecule has 11 atom stereocenters. The van der Waals surface area contributed by atoms with E-state index in [1.165, 1.54) is 12.7 Å². The maximum absolute atomic E-state index is 12.8. The first-order chi connectivity index (χ1) is 15.1. The molecule has 0 bridgehead atoms. The Morgan fingerprint density at radius 1 is 1.12 bits per heavy atom. The van der Waals surface area contributed by atoms with Crippen LogP contribution < -0.4 is 0 Å². The van der Waals surface area contributed by atoms with E-state index in [0.717, 1.165) is 31.3 Å². The number of aliphatic hydroxyl groups is 3. The number of aliphatic hydroxyl groups excluding tert-OH is 3. The van der Waals surface area contributed by atoms with Gasteiger partial charge in [0.05, 0.1) is 18.3 Å². The molecular weight excluding hydrogens is 400 g/mol. The number of allylic oxidation sites excluding steroid dienone is 1. The Labute approximate surface area is 194 Å². The van der Waals surface area contributed by atoms with Gasteiger partial charge in [-0.25, -0.2) is 0 Å². The summed E-state index contributed by atoms with van der Waals surface area (Å²) in [7, 11) is 0. The maximum Gasteiger partial charge on any atom is 0.126 e. The second kappa shape index (κ2) is 8.82. The summed E-state index contributed by atoms with van der Waals surface area (Å²) in [5, 5.41) is 32.9. The van der Waals surface area contributed by atoms with Gasteiger partial charge in [0.25, 0.3) is 0 Å². The number of hydrogen-bond donors (Lipinski definition) is 3. The zero-order valence-electron chi connectivity index (χ0n) is 20.8. The van der Waals surface area contributed by atoms with Gasteiger partial charge in [-0.3, -0.25) is 0 Å². The normalized spacial score (nSPS) is 47.8. The number of aldehydes is 1. The van der Waals surface area contributed by atoms with Crippen LogP contribution in [0.3, 0.4) is 0 Å². The van der Waals surface area contributed by atoms with Crippen LogP contribution in [0.2, 0.25) is 0 Å². The molecule has 0 aliphatic heterocycles. The van der Waals surface area contributed by atoms with Crippen molar-refractivity contribution in [2.45, 2.75) is 104 Å². The Morgan fingerprint density at radius 3 is 2.50 bits per heavy atom. The van der Waals surface area contributed by atoms with Crippen molar-refractivity contribution in [1.29, 1.82) is 0 Å². The van der Waals surface area contributed by atoms with Crippen LogP contribution in [0, 0.1) is 52.3 Å². The van der Waals surface area contributed by atoms with Gasteiger partial charge in [0, 0.05) is 17.3 Å². The van der Waals surface area contributed by atoms with E-state index in [1.807, 2.05) is 0 Å². The average Bonchev–Trinajstić information content (AvgIpc) is 3.12. The lowest BCUT2D eigenvalue weighted by Crippen LogP contribution is -2.61. The third-order valence-corrected chi connectivity index (χ3v) is 10.9. The fraction of sp³-hybridized carbons (Fsp3) is 0.893. The monoisotopic (exact) mass is 446 g/mol. The van der Waals surface area contributed by atoms with Crippen molar-refractivity contribution in [2.24, 2.45) is 52.3 Å². The van der Waals surface area contributed by atoms with Crippen molar-refractivity contribution in [3.63, 3.8) is 0 Å². The highest BCUT2D eigenvalue weighted by atomic mass is 16.3. The Balaban J connectivity index is 1.61. The van der Waals surface area contributed by atoms with Crippen molar-refractivity contribution >= 4 is 6.29 Å². The molecule has 182 valence electrons. The summed E-state index contributed by atoms with van der Waals surface area (Å²) < 4.78 is 0. The Kier molecular flexibility index (Phi) is 6.73. The predicted octanol–water partition coefficient (Wildman–Crippen LogP) is 4.76. The first-order valence-electron chi connectivity index (χ1n) is 13.3. The summed E-state index contributed by atoms with van der Waals surface area (Å²) >= 11 is 0. The quantitative estimate of drug-likeness (QED) is 0.406. The van der Waals surface area contributed by atoms with Crippen molar-refractivity contribution in [3.8, 4) is 0 Å². The molecule has 4 aliphatic carbocycles. The molecule has 0 spiro atoms. The number of carbonyl (C=O) groups excluding carboxylic acids is 1. The second-order valence-electron chi connectivity index (χ2n) is 12.6. The molecule has 0 aromatic heterocycles. The van der Waals surface area contributed by atoms with Gasteiger partial charge in [0.1, 0.15) is 6.29 Å². The summed E-state index contributed by atoms with van der Waals surface area (Å²) in [5.74, 6) is 2.69. The van der Waals surface area contributed by atoms with Crippen LogP contribution in [-0.2, 0) is 4.79 Å².